The first-order valence-corrected chi connectivity index (χ1v) is 25.0. The molecule has 0 bridgehead atoms. The summed E-state index contributed by atoms with van der Waals surface area (Å²) in [6.45, 7) is -0.571. The number of anilines is 1. The van der Waals surface area contributed by atoms with Crippen molar-refractivity contribution >= 4 is 103 Å². The number of hydrogen-bond acceptors (Lipinski definition) is 23. The van der Waals surface area contributed by atoms with E-state index in [1.807, 2.05) is 0 Å². The molecule has 0 fully saturated rings. The number of hydrazone groups is 1. The second-order valence-corrected chi connectivity index (χ2v) is 19.7. The van der Waals surface area contributed by atoms with Crippen molar-refractivity contribution in [2.75, 3.05) is 38.5 Å². The van der Waals surface area contributed by atoms with Gasteiger partial charge in [0.2, 0.25) is 6.04 Å². The van der Waals surface area contributed by atoms with Gasteiger partial charge in [0.15, 0.2) is 11.5 Å². The zero-order chi connectivity index (χ0) is 52.4. The fraction of sp³-hybridized carbons (Fsp3) is 0.184. The topological polar surface area (TPSA) is 450 Å². The molecule has 1 unspecified atom stereocenters. The molecule has 5 aromatic rings. The van der Waals surface area contributed by atoms with Crippen molar-refractivity contribution in [3.8, 4) is 23.0 Å². The van der Waals surface area contributed by atoms with Gasteiger partial charge in [0, 0.05) is 29.0 Å². The van der Waals surface area contributed by atoms with Crippen LogP contribution in [-0.2, 0) is 50.1 Å². The minimum atomic E-state index is -5.57. The van der Waals surface area contributed by atoms with Crippen LogP contribution in [0.25, 0.3) is 10.8 Å². The molecular formula is C38H34N8O21S4. The maximum absolute atomic E-state index is 13.4. The smallest absolute Gasteiger partial charge is 0.355 e. The quantitative estimate of drug-likeness (QED) is 0.0420. The molecular weight excluding hydrogens is 1030 g/mol. The van der Waals surface area contributed by atoms with Gasteiger partial charge in [-0.25, -0.2) is 4.79 Å². The number of aliphatic carboxylic acids is 1. The summed E-state index contributed by atoms with van der Waals surface area (Å²) < 4.78 is 154. The Hall–Kier alpha value is -7.47. The SMILES string of the molecule is COc1cc(S(=O)(=O)O)c(C)cc1/N=N/c1cc(OCCO)c(/N=N/c2c(S(=O)(=O)O)cc3c(S(=O)(=O)O)c(/N=N/C4C(=O)N(c5ccc(S(=O)(=O)O)cc5)N=C4C(=O)O)ccc3c2O)cc1OCCO. The Morgan fingerprint density at radius 1 is 0.662 bits per heavy atom. The Labute approximate surface area is 399 Å². The molecule has 1 heterocycles. The highest BCUT2D eigenvalue weighted by atomic mass is 32.2. The standard InChI is InChI=1S/C38H34N8O21S4/c1-18-13-24(27(65-2)17-30(18)69(56,57)58)40-41-25-15-29(67-12-10-48)26(16-28(25)66-11-9-47)42-43-32-31(70(59,60)61)14-22-21(35(32)49)7-8-23(36(22)71(62,63)64)39-44-33-34(38(51)52)45-46(37(33)50)19-3-5-20(6-4-19)68(53,54)55/h3-8,13-17,33,47-49H,9-12H2,1-2H3,(H,51,52)(H,53,54,55)(H,56,57,58)(H,59,60,61)(H,62,63,64)/b41-40+,43-42+,44-39+. The van der Waals surface area contributed by atoms with Gasteiger partial charge in [-0.1, -0.05) is 0 Å². The van der Waals surface area contributed by atoms with Gasteiger partial charge in [-0.2, -0.15) is 54.0 Å². The van der Waals surface area contributed by atoms with E-state index in [-0.39, 0.29) is 52.2 Å². The molecule has 0 saturated carbocycles. The zero-order valence-electron chi connectivity index (χ0n) is 35.9. The number of carboxylic acid groups (broad SMARTS) is 1. The lowest BCUT2D eigenvalue weighted by Crippen LogP contribution is -2.33. The molecule has 8 N–H and O–H groups in total. The highest BCUT2D eigenvalue weighted by molar-refractivity contribution is 7.87. The highest BCUT2D eigenvalue weighted by Crippen LogP contribution is 2.47. The van der Waals surface area contributed by atoms with E-state index in [9.17, 15) is 81.9 Å². The first-order valence-electron chi connectivity index (χ1n) is 19.3. The first-order chi connectivity index (χ1) is 33.2. The van der Waals surface area contributed by atoms with Crippen molar-refractivity contribution in [1.29, 1.82) is 0 Å². The number of rotatable bonds is 19. The molecule has 6 rings (SSSR count). The van der Waals surface area contributed by atoms with Crippen molar-refractivity contribution in [3.63, 3.8) is 0 Å². The summed E-state index contributed by atoms with van der Waals surface area (Å²) in [5.41, 5.74) is -3.67. The minimum Gasteiger partial charge on any atom is -0.505 e. The molecule has 0 spiro atoms. The third-order valence-electron chi connectivity index (χ3n) is 9.50. The highest BCUT2D eigenvalue weighted by Gasteiger charge is 2.41. The Kier molecular flexibility index (Phi) is 15.3. The van der Waals surface area contributed by atoms with Crippen LogP contribution < -0.4 is 19.2 Å². The normalized spacial score (nSPS) is 14.8. The number of aliphatic hydroxyl groups is 2. The van der Waals surface area contributed by atoms with Crippen molar-refractivity contribution < 1.29 is 96.1 Å². The summed E-state index contributed by atoms with van der Waals surface area (Å²) in [6, 6.07) is 8.09. The average Bonchev–Trinajstić information content (AvgIpc) is 3.62. The van der Waals surface area contributed by atoms with Crippen LogP contribution in [0.2, 0.25) is 0 Å². The summed E-state index contributed by atoms with van der Waals surface area (Å²) in [6.07, 6.45) is 0. The Bertz CT molecular complexity index is 3590. The zero-order valence-corrected chi connectivity index (χ0v) is 39.1. The number of benzene rings is 5. The number of carboxylic acids is 1. The number of nitrogens with zero attached hydrogens (tertiary/aromatic N) is 8. The number of methoxy groups -OCH3 is 1. The van der Waals surface area contributed by atoms with E-state index >= 15 is 0 Å². The van der Waals surface area contributed by atoms with E-state index in [0.29, 0.717) is 11.1 Å². The van der Waals surface area contributed by atoms with Gasteiger partial charge in [0.25, 0.3) is 46.4 Å². The van der Waals surface area contributed by atoms with Crippen molar-refractivity contribution in [3.05, 3.63) is 72.3 Å². The van der Waals surface area contributed by atoms with E-state index in [2.05, 4.69) is 35.8 Å². The van der Waals surface area contributed by atoms with Gasteiger partial charge in [-0.15, -0.1) is 20.5 Å². The fourth-order valence-electron chi connectivity index (χ4n) is 6.42. The van der Waals surface area contributed by atoms with E-state index in [4.69, 9.17) is 14.2 Å². The van der Waals surface area contributed by atoms with Crippen LogP contribution in [0, 0.1) is 6.92 Å². The molecule has 5 aromatic carbocycles. The maximum atomic E-state index is 13.4. The number of aliphatic hydroxyl groups excluding tert-OH is 2. The number of hydrogen-bond donors (Lipinski definition) is 8. The number of ether oxygens (including phenoxy) is 3. The number of carbonyl (C=O) groups is 2. The molecule has 1 aliphatic rings. The Morgan fingerprint density at radius 3 is 1.70 bits per heavy atom. The third kappa shape index (κ3) is 11.6. The van der Waals surface area contributed by atoms with Crippen LogP contribution in [0.3, 0.4) is 0 Å². The van der Waals surface area contributed by atoms with Crippen LogP contribution in [-0.4, -0.2) is 129 Å². The van der Waals surface area contributed by atoms with Gasteiger partial charge >= 0.3 is 5.97 Å². The maximum Gasteiger partial charge on any atom is 0.355 e. The number of phenols is 1. The molecule has 0 radical (unpaired) electrons. The summed E-state index contributed by atoms with van der Waals surface area (Å²) in [5.74, 6) is -4.90. The molecule has 0 saturated heterocycles. The van der Waals surface area contributed by atoms with Crippen molar-refractivity contribution in [2.24, 2.45) is 35.8 Å². The van der Waals surface area contributed by atoms with Crippen LogP contribution in [0.15, 0.2) is 122 Å². The predicted octanol–water partition coefficient (Wildman–Crippen LogP) is 4.36. The van der Waals surface area contributed by atoms with Crippen molar-refractivity contribution in [1.82, 2.24) is 0 Å². The van der Waals surface area contributed by atoms with E-state index in [1.54, 1.807) is 0 Å². The predicted molar refractivity (Wildman–Crippen MR) is 240 cm³/mol. The third-order valence-corrected chi connectivity index (χ3v) is 13.2. The van der Waals surface area contributed by atoms with Crippen LogP contribution >= 0.6 is 0 Å². The summed E-state index contributed by atoms with van der Waals surface area (Å²) >= 11 is 0. The van der Waals surface area contributed by atoms with Gasteiger partial charge in [0.05, 0.1) is 30.9 Å². The molecule has 0 aliphatic carbocycles. The molecule has 29 nitrogen and oxygen atoms in total. The minimum absolute atomic E-state index is 0.0483. The van der Waals surface area contributed by atoms with Gasteiger partial charge in [0.1, 0.15) is 73.6 Å². The number of fused-ring (bicyclic) bond motifs is 1. The number of phenolic OH excluding ortho intramolecular Hbond substituents is 1. The number of amides is 1. The number of aryl methyl sites for hydroxylation is 1. The Balaban J connectivity index is 1.45. The first kappa shape index (κ1) is 52.9. The summed E-state index contributed by atoms with van der Waals surface area (Å²) in [4.78, 5) is 21.8. The van der Waals surface area contributed by atoms with Gasteiger partial charge < -0.3 is 34.6 Å². The summed E-state index contributed by atoms with van der Waals surface area (Å²) in [7, 11) is -19.3. The number of azo groups is 3. The van der Waals surface area contributed by atoms with Crippen LogP contribution in [0.5, 0.6) is 23.0 Å². The van der Waals surface area contributed by atoms with Crippen molar-refractivity contribution in [2.45, 2.75) is 32.5 Å². The monoisotopic (exact) mass is 1070 g/mol. The molecule has 376 valence electrons. The van der Waals surface area contributed by atoms with E-state index in [1.165, 1.54) is 20.1 Å². The molecule has 1 amide bonds. The molecule has 33 heteroatoms. The number of carbonyl (C=O) groups excluding carboxylic acids is 1. The van der Waals surface area contributed by atoms with E-state index < -0.39 is 131 Å². The van der Waals surface area contributed by atoms with Crippen LogP contribution in [0.1, 0.15) is 5.56 Å². The lowest BCUT2D eigenvalue weighted by Gasteiger charge is -2.14. The lowest BCUT2D eigenvalue weighted by molar-refractivity contribution is -0.130. The van der Waals surface area contributed by atoms with E-state index in [0.717, 1.165) is 54.6 Å². The molecule has 1 aliphatic heterocycles. The lowest BCUT2D eigenvalue weighted by atomic mass is 10.1. The average molecular weight is 1070 g/mol. The second-order valence-electron chi connectivity index (χ2n) is 14.2. The van der Waals surface area contributed by atoms with Crippen LogP contribution in [0.4, 0.5) is 34.1 Å². The molecule has 0 aromatic heterocycles. The van der Waals surface area contributed by atoms with Gasteiger partial charge in [-0.05, 0) is 61.0 Å². The second kappa shape index (κ2) is 20.5. The molecule has 1 atom stereocenters. The number of aromatic hydroxyl groups is 1. The summed E-state index contributed by atoms with van der Waals surface area (Å²) in [5, 5.41) is 66.2. The largest absolute Gasteiger partial charge is 0.505 e. The Morgan fingerprint density at radius 2 is 1.21 bits per heavy atom. The van der Waals surface area contributed by atoms with Gasteiger partial charge in [-0.3, -0.25) is 23.0 Å². The fourth-order valence-corrected chi connectivity index (χ4v) is 9.09. The molecule has 71 heavy (non-hydrogen) atoms.